The van der Waals surface area contributed by atoms with Gasteiger partial charge in [0.25, 0.3) is 0 Å². The molecule has 0 bridgehead atoms. The van der Waals surface area contributed by atoms with Crippen LogP contribution in [0.25, 0.3) is 0 Å². The summed E-state index contributed by atoms with van der Waals surface area (Å²) >= 11 is 3.32. The number of carbonyl (C=O) groups is 1. The lowest BCUT2D eigenvalue weighted by molar-refractivity contribution is -0.153. The Morgan fingerprint density at radius 1 is 1.47 bits per heavy atom. The van der Waals surface area contributed by atoms with E-state index in [1.54, 1.807) is 19.1 Å². The standard InChI is InChI=1S/C13H15BrO5/c1-2-17-13(16)11(15)10-8(14)4-5-9-12(10)19-7-3-6-18-9/h4-5,11,15H,2-3,6-7H2,1H3. The van der Waals surface area contributed by atoms with E-state index in [4.69, 9.17) is 14.2 Å². The molecule has 1 atom stereocenters. The number of fused-ring (bicyclic) bond motifs is 1. The molecule has 0 saturated carbocycles. The molecule has 0 spiro atoms. The van der Waals surface area contributed by atoms with Crippen LogP contribution in [0.3, 0.4) is 0 Å². The third kappa shape index (κ3) is 3.01. The van der Waals surface area contributed by atoms with E-state index in [1.165, 1.54) is 0 Å². The van der Waals surface area contributed by atoms with Crippen LogP contribution in [0.4, 0.5) is 0 Å². The molecule has 104 valence electrons. The van der Waals surface area contributed by atoms with Gasteiger partial charge in [0.2, 0.25) is 0 Å². The van der Waals surface area contributed by atoms with Crippen LogP contribution in [0.15, 0.2) is 16.6 Å². The number of hydrogen-bond donors (Lipinski definition) is 1. The fourth-order valence-corrected chi connectivity index (χ4v) is 2.36. The third-order valence-electron chi connectivity index (χ3n) is 2.68. The fraction of sp³-hybridized carbons (Fsp3) is 0.462. The van der Waals surface area contributed by atoms with Gasteiger partial charge >= 0.3 is 5.97 Å². The Kier molecular flexibility index (Phi) is 4.66. The summed E-state index contributed by atoms with van der Waals surface area (Å²) in [5, 5.41) is 10.1. The third-order valence-corrected chi connectivity index (χ3v) is 3.37. The highest BCUT2D eigenvalue weighted by molar-refractivity contribution is 9.10. The zero-order chi connectivity index (χ0) is 13.8. The lowest BCUT2D eigenvalue weighted by atomic mass is 10.1. The average Bonchev–Trinajstić information content (AvgIpc) is 2.63. The molecule has 1 aromatic rings. The van der Waals surface area contributed by atoms with Crippen molar-refractivity contribution >= 4 is 21.9 Å². The van der Waals surface area contributed by atoms with Crippen LogP contribution in [0, 0.1) is 0 Å². The van der Waals surface area contributed by atoms with Crippen molar-refractivity contribution in [3.63, 3.8) is 0 Å². The summed E-state index contributed by atoms with van der Waals surface area (Å²) < 4.78 is 16.5. The van der Waals surface area contributed by atoms with E-state index < -0.39 is 12.1 Å². The molecule has 0 amide bonds. The Balaban J connectivity index is 2.40. The van der Waals surface area contributed by atoms with Crippen LogP contribution in [-0.4, -0.2) is 30.9 Å². The molecule has 1 unspecified atom stereocenters. The maximum absolute atomic E-state index is 11.7. The summed E-state index contributed by atoms with van der Waals surface area (Å²) in [4.78, 5) is 11.7. The highest BCUT2D eigenvalue weighted by atomic mass is 79.9. The molecule has 1 heterocycles. The fourth-order valence-electron chi connectivity index (χ4n) is 1.83. The van der Waals surface area contributed by atoms with Crippen molar-refractivity contribution in [3.05, 3.63) is 22.2 Å². The van der Waals surface area contributed by atoms with E-state index in [-0.39, 0.29) is 6.61 Å². The van der Waals surface area contributed by atoms with Crippen molar-refractivity contribution in [1.29, 1.82) is 0 Å². The van der Waals surface area contributed by atoms with Crippen molar-refractivity contribution in [3.8, 4) is 11.5 Å². The average molecular weight is 331 g/mol. The van der Waals surface area contributed by atoms with Crippen molar-refractivity contribution in [1.82, 2.24) is 0 Å². The Labute approximate surface area is 119 Å². The number of hydrogen-bond acceptors (Lipinski definition) is 5. The summed E-state index contributed by atoms with van der Waals surface area (Å²) in [6, 6.07) is 3.46. The summed E-state index contributed by atoms with van der Waals surface area (Å²) in [7, 11) is 0. The van der Waals surface area contributed by atoms with Crippen LogP contribution in [0.1, 0.15) is 25.0 Å². The van der Waals surface area contributed by atoms with Gasteiger partial charge in [0.15, 0.2) is 17.6 Å². The van der Waals surface area contributed by atoms with Gasteiger partial charge in [0.1, 0.15) is 0 Å². The normalized spacial score (nSPS) is 15.5. The molecule has 1 aliphatic rings. The molecular formula is C13H15BrO5. The quantitative estimate of drug-likeness (QED) is 0.861. The number of rotatable bonds is 3. The topological polar surface area (TPSA) is 65.0 Å². The number of aliphatic hydroxyl groups excluding tert-OH is 1. The van der Waals surface area contributed by atoms with Gasteiger partial charge in [0.05, 0.1) is 25.4 Å². The van der Waals surface area contributed by atoms with E-state index >= 15 is 0 Å². The van der Waals surface area contributed by atoms with Crippen molar-refractivity contribution in [2.45, 2.75) is 19.4 Å². The van der Waals surface area contributed by atoms with E-state index in [0.29, 0.717) is 34.7 Å². The molecule has 19 heavy (non-hydrogen) atoms. The van der Waals surface area contributed by atoms with Gasteiger partial charge in [-0.05, 0) is 19.1 Å². The molecule has 0 aromatic heterocycles. The SMILES string of the molecule is CCOC(=O)C(O)c1c(Br)ccc2c1OCCCO2. The molecule has 0 aliphatic carbocycles. The second kappa shape index (κ2) is 6.25. The summed E-state index contributed by atoms with van der Waals surface area (Å²) in [6.45, 7) is 2.92. The number of aliphatic hydroxyl groups is 1. The van der Waals surface area contributed by atoms with Gasteiger partial charge in [-0.3, -0.25) is 0 Å². The number of halogens is 1. The summed E-state index contributed by atoms with van der Waals surface area (Å²) in [5.41, 5.74) is 0.345. The first kappa shape index (κ1) is 14.1. The van der Waals surface area contributed by atoms with Crippen molar-refractivity contribution in [2.75, 3.05) is 19.8 Å². The molecule has 5 nitrogen and oxygen atoms in total. The largest absolute Gasteiger partial charge is 0.490 e. The van der Waals surface area contributed by atoms with E-state index in [9.17, 15) is 9.90 Å². The number of carbonyl (C=O) groups excluding carboxylic acids is 1. The first-order valence-corrected chi connectivity index (χ1v) is 6.87. The molecule has 2 rings (SSSR count). The minimum atomic E-state index is -1.40. The lowest BCUT2D eigenvalue weighted by Crippen LogP contribution is -2.17. The highest BCUT2D eigenvalue weighted by Crippen LogP contribution is 2.41. The molecule has 0 fully saturated rings. The van der Waals surface area contributed by atoms with Gasteiger partial charge in [-0.2, -0.15) is 0 Å². The maximum atomic E-state index is 11.7. The molecule has 1 aromatic carbocycles. The lowest BCUT2D eigenvalue weighted by Gasteiger charge is -2.17. The second-order valence-electron chi connectivity index (χ2n) is 3.99. The second-order valence-corrected chi connectivity index (χ2v) is 4.85. The molecule has 1 aliphatic heterocycles. The smallest absolute Gasteiger partial charge is 0.339 e. The number of benzene rings is 1. The first-order valence-electron chi connectivity index (χ1n) is 6.07. The minimum absolute atomic E-state index is 0.208. The van der Waals surface area contributed by atoms with E-state index in [1.807, 2.05) is 0 Å². The number of ether oxygens (including phenoxy) is 3. The summed E-state index contributed by atoms with van der Waals surface area (Å²) in [6.07, 6.45) is -0.646. The molecule has 6 heteroatoms. The predicted molar refractivity (Wildman–Crippen MR) is 71.3 cm³/mol. The van der Waals surface area contributed by atoms with Crippen molar-refractivity contribution in [2.24, 2.45) is 0 Å². The van der Waals surface area contributed by atoms with Gasteiger partial charge in [-0.15, -0.1) is 0 Å². The van der Waals surface area contributed by atoms with Gasteiger partial charge in [0, 0.05) is 10.9 Å². The molecule has 1 N–H and O–H groups in total. The highest BCUT2D eigenvalue weighted by Gasteiger charge is 2.28. The van der Waals surface area contributed by atoms with Crippen LogP contribution in [0.5, 0.6) is 11.5 Å². The van der Waals surface area contributed by atoms with Gasteiger partial charge in [-0.1, -0.05) is 15.9 Å². The Morgan fingerprint density at radius 2 is 2.21 bits per heavy atom. The maximum Gasteiger partial charge on any atom is 0.339 e. The molecule has 0 radical (unpaired) electrons. The molecule has 0 saturated heterocycles. The first-order chi connectivity index (χ1) is 9.15. The summed E-state index contributed by atoms with van der Waals surface area (Å²) in [5.74, 6) is 0.218. The van der Waals surface area contributed by atoms with Crippen LogP contribution < -0.4 is 9.47 Å². The number of esters is 1. The van der Waals surface area contributed by atoms with Crippen LogP contribution in [0.2, 0.25) is 0 Å². The molecular weight excluding hydrogens is 316 g/mol. The zero-order valence-corrected chi connectivity index (χ0v) is 12.1. The Hall–Kier alpha value is -1.27. The Morgan fingerprint density at radius 3 is 2.95 bits per heavy atom. The van der Waals surface area contributed by atoms with Gasteiger partial charge < -0.3 is 19.3 Å². The van der Waals surface area contributed by atoms with E-state index in [2.05, 4.69) is 15.9 Å². The van der Waals surface area contributed by atoms with Crippen molar-refractivity contribution < 1.29 is 24.1 Å². The Bertz CT molecular complexity index is 474. The van der Waals surface area contributed by atoms with Gasteiger partial charge in [-0.25, -0.2) is 4.79 Å². The van der Waals surface area contributed by atoms with E-state index in [0.717, 1.165) is 6.42 Å². The van der Waals surface area contributed by atoms with Crippen LogP contribution >= 0.6 is 15.9 Å². The van der Waals surface area contributed by atoms with Crippen LogP contribution in [-0.2, 0) is 9.53 Å². The monoisotopic (exact) mass is 330 g/mol. The minimum Gasteiger partial charge on any atom is -0.490 e. The zero-order valence-electron chi connectivity index (χ0n) is 10.5. The predicted octanol–water partition coefficient (Wildman–Crippen LogP) is 2.21.